The van der Waals surface area contributed by atoms with E-state index in [0.717, 1.165) is 22.7 Å². The van der Waals surface area contributed by atoms with Gasteiger partial charge in [0.1, 0.15) is 6.04 Å². The Morgan fingerprint density at radius 1 is 1.00 bits per heavy atom. The van der Waals surface area contributed by atoms with Crippen molar-refractivity contribution in [2.45, 2.75) is 37.5 Å². The zero-order valence-electron chi connectivity index (χ0n) is 27.4. The number of nitrogen functional groups attached to an aromatic ring is 1. The molecule has 3 aromatic heterocycles. The summed E-state index contributed by atoms with van der Waals surface area (Å²) in [6, 6.07) is 11.8. The molecule has 5 aromatic rings. The molecule has 5 heterocycles. The molecule has 2 aliphatic rings. The van der Waals surface area contributed by atoms with E-state index in [0.29, 0.717) is 63.1 Å². The minimum absolute atomic E-state index is 0.0496. The number of nitrogens with two attached hydrogens (primary N) is 1. The molecule has 0 saturated carbocycles. The number of benzene rings is 2. The number of nitrogens with zero attached hydrogens (tertiary/aromatic N) is 6. The van der Waals surface area contributed by atoms with Crippen LogP contribution in [-0.2, 0) is 17.4 Å². The van der Waals surface area contributed by atoms with Crippen LogP contribution in [0, 0.1) is 0 Å². The molecule has 3 amide bonds. The molecule has 16 heteroatoms. The maximum absolute atomic E-state index is 14.0. The van der Waals surface area contributed by atoms with E-state index >= 15 is 0 Å². The van der Waals surface area contributed by atoms with Gasteiger partial charge in [-0.25, -0.2) is 9.59 Å². The Kier molecular flexibility index (Phi) is 9.35. The first-order chi connectivity index (χ1) is 24.5. The Labute approximate surface area is 298 Å². The van der Waals surface area contributed by atoms with Crippen LogP contribution < -0.4 is 21.6 Å². The van der Waals surface area contributed by atoms with E-state index < -0.39 is 29.5 Å². The van der Waals surface area contributed by atoms with Crippen LogP contribution in [0.5, 0.6) is 0 Å². The van der Waals surface area contributed by atoms with E-state index in [9.17, 15) is 27.6 Å². The number of nitrogens with one attached hydrogen (secondary N) is 2. The second kappa shape index (κ2) is 13.9. The highest BCUT2D eigenvalue weighted by atomic mass is 79.9. The van der Waals surface area contributed by atoms with Crippen LogP contribution in [0.2, 0.25) is 0 Å². The Morgan fingerprint density at radius 3 is 2.41 bits per heavy atom. The number of fused-ring (bicyclic) bond motifs is 3. The molecule has 0 aliphatic carbocycles. The number of pyridine rings is 2. The molecule has 1 unspecified atom stereocenters. The van der Waals surface area contributed by atoms with Gasteiger partial charge in [-0.15, -0.1) is 0 Å². The van der Waals surface area contributed by atoms with E-state index in [1.54, 1.807) is 33.0 Å². The number of hydrogen-bond donors (Lipinski definition) is 3. The average molecular weight is 767 g/mol. The van der Waals surface area contributed by atoms with E-state index in [2.05, 4.69) is 41.1 Å². The minimum atomic E-state index is -4.71. The van der Waals surface area contributed by atoms with Gasteiger partial charge in [0.25, 0.3) is 0 Å². The molecule has 2 saturated heterocycles. The number of hydrogen-bond acceptors (Lipinski definition) is 7. The predicted molar refractivity (Wildman–Crippen MR) is 190 cm³/mol. The Balaban J connectivity index is 1.08. The molecule has 51 heavy (non-hydrogen) atoms. The summed E-state index contributed by atoms with van der Waals surface area (Å²) in [5.74, 6) is -0.390. The second-order valence-electron chi connectivity index (χ2n) is 12.8. The molecule has 1 atom stereocenters. The minimum Gasteiger partial charge on any atom is -0.397 e. The van der Waals surface area contributed by atoms with Gasteiger partial charge in [0.15, 0.2) is 0 Å². The number of likely N-dealkylation sites (tertiary alicyclic amines) is 1. The first-order valence-electron chi connectivity index (χ1n) is 16.6. The number of piperidine rings is 1. The zero-order chi connectivity index (χ0) is 35.9. The number of aromatic nitrogens is 4. The molecule has 2 aromatic carbocycles. The number of imidazole rings is 1. The number of carbonyl (C=O) groups is 2. The highest BCUT2D eigenvalue weighted by molar-refractivity contribution is 9.10. The van der Waals surface area contributed by atoms with Gasteiger partial charge in [-0.1, -0.05) is 18.2 Å². The third kappa shape index (κ3) is 6.96. The topological polar surface area (TPSA) is 145 Å². The van der Waals surface area contributed by atoms with Gasteiger partial charge in [-0.3, -0.25) is 19.3 Å². The number of carbonyl (C=O) groups excluding carboxylic acids is 2. The van der Waals surface area contributed by atoms with Crippen molar-refractivity contribution in [2.75, 3.05) is 49.9 Å². The van der Waals surface area contributed by atoms with Crippen molar-refractivity contribution in [3.8, 4) is 0 Å². The number of amides is 3. The molecule has 2 fully saturated rings. The van der Waals surface area contributed by atoms with Gasteiger partial charge in [0.2, 0.25) is 5.91 Å². The summed E-state index contributed by atoms with van der Waals surface area (Å²) >= 11 is 3.13. The van der Waals surface area contributed by atoms with Crippen molar-refractivity contribution in [1.82, 2.24) is 34.6 Å². The maximum Gasteiger partial charge on any atom is 0.418 e. The number of H-pyrrole nitrogens is 1. The molecule has 0 spiro atoms. The Hall–Kier alpha value is -5.12. The fourth-order valence-corrected chi connectivity index (χ4v) is 7.58. The number of alkyl halides is 3. The normalized spacial score (nSPS) is 16.5. The lowest BCUT2D eigenvalue weighted by molar-refractivity contribution is -0.137. The van der Waals surface area contributed by atoms with Crippen LogP contribution in [0.4, 0.5) is 29.3 Å². The van der Waals surface area contributed by atoms with Crippen LogP contribution >= 0.6 is 15.9 Å². The number of urea groups is 1. The third-order valence-corrected chi connectivity index (χ3v) is 10.4. The first kappa shape index (κ1) is 34.3. The predicted octanol–water partition coefficient (Wildman–Crippen LogP) is 4.94. The monoisotopic (exact) mass is 765 g/mol. The van der Waals surface area contributed by atoms with Crippen molar-refractivity contribution in [2.24, 2.45) is 0 Å². The highest BCUT2D eigenvalue weighted by Crippen LogP contribution is 2.38. The van der Waals surface area contributed by atoms with Crippen molar-refractivity contribution < 1.29 is 22.8 Å². The van der Waals surface area contributed by atoms with E-state index in [4.69, 9.17) is 5.73 Å². The van der Waals surface area contributed by atoms with Crippen LogP contribution in [0.15, 0.2) is 76.4 Å². The van der Waals surface area contributed by atoms with Crippen LogP contribution in [0.25, 0.3) is 21.9 Å². The van der Waals surface area contributed by atoms with Gasteiger partial charge in [-0.2, -0.15) is 13.2 Å². The summed E-state index contributed by atoms with van der Waals surface area (Å²) in [5, 5.41) is 3.68. The quantitative estimate of drug-likeness (QED) is 0.208. The summed E-state index contributed by atoms with van der Waals surface area (Å²) in [4.78, 5) is 57.7. The van der Waals surface area contributed by atoms with Crippen molar-refractivity contribution >= 4 is 61.2 Å². The van der Waals surface area contributed by atoms with Crippen molar-refractivity contribution in [3.05, 3.63) is 93.2 Å². The molecular formula is C35H35BrF3N9O3. The van der Waals surface area contributed by atoms with Gasteiger partial charge in [0, 0.05) is 79.7 Å². The van der Waals surface area contributed by atoms with Gasteiger partial charge < -0.3 is 30.7 Å². The number of aromatic amines is 1. The average Bonchev–Trinajstić information content (AvgIpc) is 3.48. The molecule has 0 bridgehead atoms. The fraction of sp³-hybridized carbons (Fsp3) is 0.343. The molecule has 4 N–H and O–H groups in total. The molecule has 0 radical (unpaired) electrons. The number of rotatable bonds is 6. The first-order valence-corrected chi connectivity index (χ1v) is 17.4. The lowest BCUT2D eigenvalue weighted by Crippen LogP contribution is -2.57. The maximum atomic E-state index is 14.0. The molecule has 2 aliphatic heterocycles. The van der Waals surface area contributed by atoms with Crippen molar-refractivity contribution in [3.63, 3.8) is 0 Å². The van der Waals surface area contributed by atoms with Crippen LogP contribution in [0.3, 0.4) is 0 Å². The number of para-hydroxylation sites is 1. The summed E-state index contributed by atoms with van der Waals surface area (Å²) < 4.78 is 43.3. The summed E-state index contributed by atoms with van der Waals surface area (Å²) in [6.07, 6.45) is 1.12. The number of anilines is 2. The molecule has 266 valence electrons. The van der Waals surface area contributed by atoms with Gasteiger partial charge in [0.05, 0.1) is 34.0 Å². The molecule has 12 nitrogen and oxygen atoms in total. The van der Waals surface area contributed by atoms with Crippen LogP contribution in [0.1, 0.15) is 30.0 Å². The second-order valence-corrected chi connectivity index (χ2v) is 13.7. The van der Waals surface area contributed by atoms with Crippen LogP contribution in [-0.4, -0.2) is 86.6 Å². The van der Waals surface area contributed by atoms with Crippen molar-refractivity contribution in [1.29, 1.82) is 0 Å². The smallest absolute Gasteiger partial charge is 0.397 e. The largest absolute Gasteiger partial charge is 0.418 e. The summed E-state index contributed by atoms with van der Waals surface area (Å²) in [6.45, 7) is 2.40. The highest BCUT2D eigenvalue weighted by Gasteiger charge is 2.36. The molecule has 7 rings (SSSR count). The lowest BCUT2D eigenvalue weighted by atomic mass is 10.0. The van der Waals surface area contributed by atoms with Gasteiger partial charge >= 0.3 is 17.9 Å². The summed E-state index contributed by atoms with van der Waals surface area (Å²) in [5.41, 5.74) is 7.33. The molecular weight excluding hydrogens is 731 g/mol. The third-order valence-electron chi connectivity index (χ3n) is 9.73. The fourth-order valence-electron chi connectivity index (χ4n) is 7.07. The number of piperazine rings is 1. The standard InChI is InChI=1S/C35H35BrF3N9O3/c36-26-18-21(17-25(30(26)40)35(37,38)39)19-28(32(49)46-15-13-45(14-16-46)22-5-9-41-10-6-22)43-33(50)47-11-7-23(8-12-47)48-29-20-42-27-4-2-1-3-24(27)31(29)44-34(48)51/h1-6,9-10,17-18,20,23,28H,7-8,11-16,19,40H2,(H,43,50)(H,44,51). The summed E-state index contributed by atoms with van der Waals surface area (Å²) in [7, 11) is 0. The SMILES string of the molecule is Nc1c(Br)cc(CC(NC(=O)N2CCC(n3c(=O)[nH]c4c5ccccc5ncc43)CC2)C(=O)N2CCN(c3ccncc3)CC2)cc1C(F)(F)F. The van der Waals surface area contributed by atoms with E-state index in [-0.39, 0.29) is 34.1 Å². The number of halogens is 4. The lowest BCUT2D eigenvalue weighted by Gasteiger charge is -2.38. The Bertz CT molecular complexity index is 2140. The Morgan fingerprint density at radius 2 is 1.71 bits per heavy atom. The van der Waals surface area contributed by atoms with Gasteiger partial charge in [-0.05, 0) is 64.7 Å². The van der Waals surface area contributed by atoms with E-state index in [1.807, 2.05) is 36.4 Å². The van der Waals surface area contributed by atoms with E-state index in [1.165, 1.54) is 6.07 Å². The zero-order valence-corrected chi connectivity index (χ0v) is 29.0.